The van der Waals surface area contributed by atoms with E-state index < -0.39 is 42.0 Å². The molecule has 5 unspecified atom stereocenters. The molecule has 0 bridgehead atoms. The van der Waals surface area contributed by atoms with Crippen LogP contribution < -0.4 is 5.32 Å². The molecule has 0 aromatic rings. The van der Waals surface area contributed by atoms with Crippen LogP contribution in [0.5, 0.6) is 0 Å². The average molecular weight is 466 g/mol. The molecule has 2 aliphatic rings. The number of carbonyl (C=O) groups is 4. The van der Waals surface area contributed by atoms with Gasteiger partial charge in [-0.3, -0.25) is 24.1 Å². The molecule has 0 aromatic heterocycles. The summed E-state index contributed by atoms with van der Waals surface area (Å²) in [4.78, 5) is 54.8. The lowest BCUT2D eigenvalue weighted by atomic mass is 9.98. The summed E-state index contributed by atoms with van der Waals surface area (Å²) >= 11 is 0. The largest absolute Gasteiger partial charge is 0.499 e. The van der Waals surface area contributed by atoms with Crippen molar-refractivity contribution < 1.29 is 29.0 Å². The third-order valence-corrected chi connectivity index (χ3v) is 6.68. The topological polar surface area (TPSA) is 116 Å². The minimum absolute atomic E-state index is 0.0538. The first-order valence-electron chi connectivity index (χ1n) is 11.9. The van der Waals surface area contributed by atoms with Gasteiger partial charge in [-0.1, -0.05) is 48.0 Å². The van der Waals surface area contributed by atoms with Gasteiger partial charge in [-0.15, -0.1) is 0 Å². The Hall–Kier alpha value is -2.42. The lowest BCUT2D eigenvalue weighted by Crippen LogP contribution is -2.58. The molecule has 5 atom stereocenters. The Morgan fingerprint density at radius 2 is 1.85 bits per heavy atom. The van der Waals surface area contributed by atoms with Gasteiger partial charge in [0.2, 0.25) is 11.8 Å². The molecule has 1 saturated heterocycles. The number of hydrogen-bond acceptors (Lipinski definition) is 6. The number of nitrogens with one attached hydrogen (secondary N) is 1. The number of imide groups is 1. The van der Waals surface area contributed by atoms with E-state index in [1.54, 1.807) is 20.8 Å². The van der Waals surface area contributed by atoms with Gasteiger partial charge in [0.15, 0.2) is 0 Å². The monoisotopic (exact) mass is 465 g/mol. The molecule has 2 rings (SSSR count). The zero-order chi connectivity index (χ0) is 25.0. The van der Waals surface area contributed by atoms with Gasteiger partial charge in [0, 0.05) is 12.6 Å². The third-order valence-electron chi connectivity index (χ3n) is 6.68. The average Bonchev–Trinajstić information content (AvgIpc) is 3.39. The van der Waals surface area contributed by atoms with Gasteiger partial charge in [0.1, 0.15) is 23.9 Å². The molecule has 2 heterocycles. The first kappa shape index (κ1) is 26.8. The van der Waals surface area contributed by atoms with Gasteiger partial charge in [0.05, 0.1) is 13.2 Å². The fourth-order valence-corrected chi connectivity index (χ4v) is 4.45. The number of aliphatic hydroxyl groups excluding tert-OH is 1. The van der Waals surface area contributed by atoms with Crippen molar-refractivity contribution in [2.75, 3.05) is 13.7 Å². The molecular formula is C24H39N3O6. The second-order valence-corrected chi connectivity index (χ2v) is 9.74. The second-order valence-electron chi connectivity index (χ2n) is 9.74. The summed E-state index contributed by atoms with van der Waals surface area (Å²) in [5, 5.41) is 12.9. The molecule has 186 valence electrons. The molecule has 33 heavy (non-hydrogen) atoms. The molecule has 9 heteroatoms. The van der Waals surface area contributed by atoms with Crippen LogP contribution in [0, 0.1) is 17.8 Å². The zero-order valence-corrected chi connectivity index (χ0v) is 20.8. The van der Waals surface area contributed by atoms with Crippen LogP contribution in [-0.2, 0) is 23.9 Å². The number of ether oxygens (including phenoxy) is 1. The Bertz CT molecular complexity index is 793. The maximum atomic E-state index is 13.5. The van der Waals surface area contributed by atoms with Gasteiger partial charge in [-0.2, -0.15) is 0 Å². The molecule has 0 aromatic carbocycles. The van der Waals surface area contributed by atoms with Crippen molar-refractivity contribution in [1.82, 2.24) is 15.1 Å². The number of methoxy groups -OCH3 is 1. The fraction of sp³-hybridized carbons (Fsp3) is 0.750. The molecule has 9 nitrogen and oxygen atoms in total. The molecule has 0 saturated carbocycles. The van der Waals surface area contributed by atoms with E-state index >= 15 is 0 Å². The fourth-order valence-electron chi connectivity index (χ4n) is 4.45. The first-order valence-corrected chi connectivity index (χ1v) is 11.9. The minimum Gasteiger partial charge on any atom is -0.499 e. The molecule has 2 aliphatic heterocycles. The van der Waals surface area contributed by atoms with Gasteiger partial charge in [-0.25, -0.2) is 0 Å². The number of aliphatic hydroxyl groups is 1. The van der Waals surface area contributed by atoms with E-state index in [1.807, 2.05) is 20.8 Å². The van der Waals surface area contributed by atoms with E-state index in [2.05, 4.69) is 5.32 Å². The number of hydrogen-bond donors (Lipinski definition) is 2. The summed E-state index contributed by atoms with van der Waals surface area (Å²) in [6.07, 6.45) is 1.80. The van der Waals surface area contributed by atoms with Crippen molar-refractivity contribution >= 4 is 23.6 Å². The number of nitrogens with zero attached hydrogens (tertiary/aromatic N) is 2. The quantitative estimate of drug-likeness (QED) is 0.498. The molecule has 4 amide bonds. The highest BCUT2D eigenvalue weighted by molar-refractivity contribution is 6.07. The Balaban J connectivity index is 2.23. The van der Waals surface area contributed by atoms with E-state index in [9.17, 15) is 24.3 Å². The zero-order valence-electron chi connectivity index (χ0n) is 20.8. The predicted molar refractivity (Wildman–Crippen MR) is 123 cm³/mol. The van der Waals surface area contributed by atoms with Crippen LogP contribution in [0.1, 0.15) is 60.8 Å². The molecular weight excluding hydrogens is 426 g/mol. The number of amides is 4. The Morgan fingerprint density at radius 3 is 2.36 bits per heavy atom. The van der Waals surface area contributed by atoms with E-state index in [4.69, 9.17) is 4.74 Å². The smallest absolute Gasteiger partial charge is 0.257 e. The summed E-state index contributed by atoms with van der Waals surface area (Å²) in [5.41, 5.74) is 0. The van der Waals surface area contributed by atoms with Crippen LogP contribution in [0.25, 0.3) is 0 Å². The van der Waals surface area contributed by atoms with Gasteiger partial charge in [0.25, 0.3) is 11.8 Å². The van der Waals surface area contributed by atoms with E-state index in [0.29, 0.717) is 31.6 Å². The van der Waals surface area contributed by atoms with Crippen molar-refractivity contribution in [2.45, 2.75) is 85.0 Å². The minimum atomic E-state index is -1.22. The van der Waals surface area contributed by atoms with E-state index in [0.717, 1.165) is 0 Å². The molecule has 0 aliphatic carbocycles. The van der Waals surface area contributed by atoms with Gasteiger partial charge in [-0.05, 0) is 30.6 Å². The third kappa shape index (κ3) is 5.57. The Kier molecular flexibility index (Phi) is 9.05. The van der Waals surface area contributed by atoms with Gasteiger partial charge < -0.3 is 20.1 Å². The summed E-state index contributed by atoms with van der Waals surface area (Å²) in [5.74, 6) is -1.96. The van der Waals surface area contributed by atoms with Crippen molar-refractivity contribution in [3.63, 3.8) is 0 Å². The summed E-state index contributed by atoms with van der Waals surface area (Å²) < 4.78 is 5.33. The number of rotatable bonds is 9. The van der Waals surface area contributed by atoms with Gasteiger partial charge >= 0.3 is 0 Å². The van der Waals surface area contributed by atoms with Crippen LogP contribution in [0.2, 0.25) is 0 Å². The van der Waals surface area contributed by atoms with E-state index in [1.165, 1.54) is 23.0 Å². The number of carbonyl (C=O) groups excluding carboxylic acids is 4. The highest BCUT2D eigenvalue weighted by Crippen LogP contribution is 2.30. The first-order chi connectivity index (χ1) is 15.5. The normalized spacial score (nSPS) is 23.6. The molecule has 0 radical (unpaired) electrons. The van der Waals surface area contributed by atoms with Crippen LogP contribution in [0.3, 0.4) is 0 Å². The standard InChI is InChI=1S/C24H39N3O6/c1-8-15(6)21(29)22(30)25-19(13(2)3)24(32)26-11-9-10-16(26)23(31)27-18(28)12-17(33-7)20(27)14(4)5/h12-16,19-21,29H,8-11H2,1-7H3,(H,25,30). The maximum absolute atomic E-state index is 13.5. The number of likely N-dealkylation sites (tertiary alicyclic amines) is 1. The van der Waals surface area contributed by atoms with Crippen LogP contribution in [-0.4, -0.2) is 76.4 Å². The van der Waals surface area contributed by atoms with Crippen molar-refractivity contribution in [3.05, 3.63) is 11.8 Å². The summed E-state index contributed by atoms with van der Waals surface area (Å²) in [6, 6.07) is -2.18. The summed E-state index contributed by atoms with van der Waals surface area (Å²) in [7, 11) is 1.47. The lowest BCUT2D eigenvalue weighted by molar-refractivity contribution is -0.152. The van der Waals surface area contributed by atoms with Crippen LogP contribution in [0.4, 0.5) is 0 Å². The van der Waals surface area contributed by atoms with Crippen LogP contribution in [0.15, 0.2) is 11.8 Å². The van der Waals surface area contributed by atoms with Crippen LogP contribution >= 0.6 is 0 Å². The van der Waals surface area contributed by atoms with Crippen molar-refractivity contribution in [3.8, 4) is 0 Å². The van der Waals surface area contributed by atoms with Crippen molar-refractivity contribution in [2.24, 2.45) is 17.8 Å². The SMILES string of the molecule is CCC(C)C(O)C(=O)NC(C(=O)N1CCCC1C(=O)N1C(=O)C=C(OC)C1C(C)C)C(C)C. The molecule has 1 fully saturated rings. The molecule has 0 spiro atoms. The Labute approximate surface area is 196 Å². The molecule has 2 N–H and O–H groups in total. The van der Waals surface area contributed by atoms with Crippen molar-refractivity contribution in [1.29, 1.82) is 0 Å². The lowest BCUT2D eigenvalue weighted by Gasteiger charge is -2.35. The summed E-state index contributed by atoms with van der Waals surface area (Å²) in [6.45, 7) is 11.4. The van der Waals surface area contributed by atoms with E-state index in [-0.39, 0.29) is 23.7 Å². The highest BCUT2D eigenvalue weighted by atomic mass is 16.5. The maximum Gasteiger partial charge on any atom is 0.257 e. The second kappa shape index (κ2) is 11.1. The highest BCUT2D eigenvalue weighted by Gasteiger charge is 2.47. The Morgan fingerprint density at radius 1 is 1.21 bits per heavy atom. The predicted octanol–water partition coefficient (Wildman–Crippen LogP) is 1.45.